The van der Waals surface area contributed by atoms with Crippen molar-refractivity contribution in [1.29, 1.82) is 0 Å². The first-order valence-electron chi connectivity index (χ1n) is 5.00. The summed E-state index contributed by atoms with van der Waals surface area (Å²) in [7, 11) is 1.34. The van der Waals surface area contributed by atoms with E-state index in [-0.39, 0.29) is 5.75 Å². The van der Waals surface area contributed by atoms with E-state index in [1.165, 1.54) is 13.2 Å². The Hall–Kier alpha value is -1.32. The molecule has 1 saturated heterocycles. The molecule has 82 valence electrons. The second-order valence-corrected chi connectivity index (χ2v) is 3.64. The summed E-state index contributed by atoms with van der Waals surface area (Å²) in [6, 6.07) is 2.77. The van der Waals surface area contributed by atoms with Crippen LogP contribution in [0.15, 0.2) is 12.1 Å². The van der Waals surface area contributed by atoms with Crippen LogP contribution in [-0.2, 0) is 0 Å². The summed E-state index contributed by atoms with van der Waals surface area (Å²) in [5, 5.41) is 0. The van der Waals surface area contributed by atoms with Crippen molar-refractivity contribution >= 4 is 5.69 Å². The van der Waals surface area contributed by atoms with E-state index < -0.39 is 11.6 Å². The van der Waals surface area contributed by atoms with Crippen molar-refractivity contribution in [2.24, 2.45) is 0 Å². The molecule has 2 rings (SSSR count). The molecule has 1 aliphatic rings. The van der Waals surface area contributed by atoms with Crippen LogP contribution in [-0.4, -0.2) is 20.2 Å². The molecule has 0 aliphatic carbocycles. The number of methoxy groups -OCH3 is 1. The molecular weight excluding hydrogens is 200 g/mol. The van der Waals surface area contributed by atoms with Gasteiger partial charge < -0.3 is 9.64 Å². The molecule has 0 unspecified atom stereocenters. The van der Waals surface area contributed by atoms with Crippen molar-refractivity contribution in [1.82, 2.24) is 0 Å². The number of nitrogens with zero attached hydrogens (tertiary/aromatic N) is 1. The lowest BCUT2D eigenvalue weighted by atomic mass is 10.2. The number of benzene rings is 1. The van der Waals surface area contributed by atoms with Gasteiger partial charge in [-0.1, -0.05) is 0 Å². The van der Waals surface area contributed by atoms with Gasteiger partial charge in [-0.3, -0.25) is 0 Å². The lowest BCUT2D eigenvalue weighted by Gasteiger charge is -2.18. The topological polar surface area (TPSA) is 12.5 Å². The molecular formula is C11H13F2NO. The molecule has 1 aromatic carbocycles. The molecule has 0 radical (unpaired) electrons. The van der Waals surface area contributed by atoms with E-state index in [1.807, 2.05) is 4.90 Å². The summed E-state index contributed by atoms with van der Waals surface area (Å²) < 4.78 is 31.1. The van der Waals surface area contributed by atoms with Crippen molar-refractivity contribution in [3.05, 3.63) is 23.8 Å². The van der Waals surface area contributed by atoms with Gasteiger partial charge in [0, 0.05) is 30.9 Å². The Morgan fingerprint density at radius 2 is 1.87 bits per heavy atom. The van der Waals surface area contributed by atoms with E-state index in [1.54, 1.807) is 6.07 Å². The molecule has 0 bridgehead atoms. The first-order chi connectivity index (χ1) is 7.22. The van der Waals surface area contributed by atoms with Gasteiger partial charge >= 0.3 is 0 Å². The van der Waals surface area contributed by atoms with Gasteiger partial charge in [-0.05, 0) is 12.8 Å². The monoisotopic (exact) mass is 213 g/mol. The molecule has 0 spiro atoms. The molecule has 0 amide bonds. The van der Waals surface area contributed by atoms with Gasteiger partial charge in [0.1, 0.15) is 0 Å². The van der Waals surface area contributed by atoms with Gasteiger partial charge in [-0.15, -0.1) is 0 Å². The van der Waals surface area contributed by atoms with Crippen molar-refractivity contribution in [2.75, 3.05) is 25.1 Å². The number of halogens is 2. The van der Waals surface area contributed by atoms with Crippen LogP contribution in [0.2, 0.25) is 0 Å². The summed E-state index contributed by atoms with van der Waals surface area (Å²) in [4.78, 5) is 2.03. The Labute approximate surface area is 87.5 Å². The zero-order valence-corrected chi connectivity index (χ0v) is 8.59. The average Bonchev–Trinajstić information content (AvgIpc) is 2.75. The third kappa shape index (κ3) is 1.89. The minimum atomic E-state index is -0.916. The van der Waals surface area contributed by atoms with Gasteiger partial charge in [0.2, 0.25) is 5.82 Å². The third-order valence-electron chi connectivity index (χ3n) is 2.67. The fourth-order valence-corrected chi connectivity index (χ4v) is 1.86. The standard InChI is InChI=1S/C11H13F2NO/c1-15-10-7-8(6-9(12)11(10)13)14-4-2-3-5-14/h6-7H,2-5H2,1H3. The van der Waals surface area contributed by atoms with Crippen LogP contribution >= 0.6 is 0 Å². The van der Waals surface area contributed by atoms with Gasteiger partial charge in [0.25, 0.3) is 0 Å². The minimum Gasteiger partial charge on any atom is -0.493 e. The number of anilines is 1. The fraction of sp³-hybridized carbons (Fsp3) is 0.455. The molecule has 1 aromatic rings. The highest BCUT2D eigenvalue weighted by Gasteiger charge is 2.17. The van der Waals surface area contributed by atoms with E-state index in [2.05, 4.69) is 0 Å². The molecule has 0 aromatic heterocycles. The highest BCUT2D eigenvalue weighted by Crippen LogP contribution is 2.29. The lowest BCUT2D eigenvalue weighted by molar-refractivity contribution is 0.372. The third-order valence-corrected chi connectivity index (χ3v) is 2.67. The van der Waals surface area contributed by atoms with E-state index in [0.717, 1.165) is 25.9 Å². The average molecular weight is 213 g/mol. The number of ether oxygens (including phenoxy) is 1. The Morgan fingerprint density at radius 3 is 2.47 bits per heavy atom. The number of hydrogen-bond donors (Lipinski definition) is 0. The Morgan fingerprint density at radius 1 is 1.20 bits per heavy atom. The highest BCUT2D eigenvalue weighted by molar-refractivity contribution is 5.52. The summed E-state index contributed by atoms with van der Waals surface area (Å²) in [5.41, 5.74) is 0.697. The minimum absolute atomic E-state index is 0.0306. The molecule has 1 heterocycles. The van der Waals surface area contributed by atoms with E-state index in [4.69, 9.17) is 4.74 Å². The van der Waals surface area contributed by atoms with Gasteiger partial charge in [-0.25, -0.2) is 4.39 Å². The number of rotatable bonds is 2. The smallest absolute Gasteiger partial charge is 0.200 e. The Bertz CT molecular complexity index is 362. The molecule has 1 aliphatic heterocycles. The summed E-state index contributed by atoms with van der Waals surface area (Å²) in [6.07, 6.45) is 2.20. The lowest BCUT2D eigenvalue weighted by Crippen LogP contribution is -2.18. The van der Waals surface area contributed by atoms with Crippen molar-refractivity contribution in [3.63, 3.8) is 0 Å². The van der Waals surface area contributed by atoms with E-state index in [0.29, 0.717) is 5.69 Å². The Kier molecular flexibility index (Phi) is 2.75. The Balaban J connectivity index is 2.35. The van der Waals surface area contributed by atoms with Gasteiger partial charge in [0.05, 0.1) is 7.11 Å². The van der Waals surface area contributed by atoms with Crippen LogP contribution in [0.4, 0.5) is 14.5 Å². The van der Waals surface area contributed by atoms with E-state index in [9.17, 15) is 8.78 Å². The van der Waals surface area contributed by atoms with Gasteiger partial charge in [0.15, 0.2) is 11.6 Å². The van der Waals surface area contributed by atoms with Crippen LogP contribution in [0.25, 0.3) is 0 Å². The highest BCUT2D eigenvalue weighted by atomic mass is 19.2. The second-order valence-electron chi connectivity index (χ2n) is 3.64. The summed E-state index contributed by atoms with van der Waals surface area (Å²) >= 11 is 0. The maximum absolute atomic E-state index is 13.2. The maximum atomic E-state index is 13.2. The normalized spacial score (nSPS) is 15.8. The molecule has 0 saturated carbocycles. The fourth-order valence-electron chi connectivity index (χ4n) is 1.86. The summed E-state index contributed by atoms with van der Waals surface area (Å²) in [6.45, 7) is 1.79. The van der Waals surface area contributed by atoms with Crippen LogP contribution in [0.5, 0.6) is 5.75 Å². The molecule has 0 N–H and O–H groups in total. The SMILES string of the molecule is COc1cc(N2CCCC2)cc(F)c1F. The van der Waals surface area contributed by atoms with Crippen molar-refractivity contribution < 1.29 is 13.5 Å². The maximum Gasteiger partial charge on any atom is 0.200 e. The zero-order chi connectivity index (χ0) is 10.8. The first kappa shape index (κ1) is 10.2. The van der Waals surface area contributed by atoms with Crippen molar-refractivity contribution in [2.45, 2.75) is 12.8 Å². The molecule has 4 heteroatoms. The molecule has 2 nitrogen and oxygen atoms in total. The predicted molar refractivity (Wildman–Crippen MR) is 54.4 cm³/mol. The van der Waals surface area contributed by atoms with Crippen LogP contribution in [0.1, 0.15) is 12.8 Å². The first-order valence-corrected chi connectivity index (χ1v) is 5.00. The number of hydrogen-bond acceptors (Lipinski definition) is 2. The quantitative estimate of drug-likeness (QED) is 0.748. The predicted octanol–water partition coefficient (Wildman–Crippen LogP) is 2.57. The van der Waals surface area contributed by atoms with Crippen LogP contribution in [0.3, 0.4) is 0 Å². The molecule has 15 heavy (non-hydrogen) atoms. The van der Waals surface area contributed by atoms with E-state index >= 15 is 0 Å². The second kappa shape index (κ2) is 4.04. The summed E-state index contributed by atoms with van der Waals surface area (Å²) in [5.74, 6) is -1.80. The molecule has 1 fully saturated rings. The largest absolute Gasteiger partial charge is 0.493 e. The van der Waals surface area contributed by atoms with Crippen LogP contribution in [0, 0.1) is 11.6 Å². The van der Waals surface area contributed by atoms with Gasteiger partial charge in [-0.2, -0.15) is 4.39 Å². The van der Waals surface area contributed by atoms with Crippen molar-refractivity contribution in [3.8, 4) is 5.75 Å². The molecule has 0 atom stereocenters. The van der Waals surface area contributed by atoms with Crippen LogP contribution < -0.4 is 9.64 Å². The zero-order valence-electron chi connectivity index (χ0n) is 8.59.